The molecule has 0 aromatic rings. The molecule has 2 rings (SSSR count). The van der Waals surface area contributed by atoms with Gasteiger partial charge in [0.1, 0.15) is 18.1 Å². The Kier molecular flexibility index (Phi) is 4.98. The SMILES string of the molecule is CC(=O)OC[C@H]1[C][C][C@H]2N=C(NCC(F)F)S[C@H]2O1. The van der Waals surface area contributed by atoms with Crippen LogP contribution in [0.4, 0.5) is 8.78 Å². The highest BCUT2D eigenvalue weighted by molar-refractivity contribution is 8.14. The van der Waals surface area contributed by atoms with Gasteiger partial charge in [-0.05, 0) is 0 Å². The van der Waals surface area contributed by atoms with Gasteiger partial charge >= 0.3 is 5.97 Å². The van der Waals surface area contributed by atoms with Gasteiger partial charge < -0.3 is 14.8 Å². The van der Waals surface area contributed by atoms with E-state index in [4.69, 9.17) is 9.47 Å². The molecule has 0 bridgehead atoms. The van der Waals surface area contributed by atoms with Crippen molar-refractivity contribution in [3.63, 3.8) is 0 Å². The lowest BCUT2D eigenvalue weighted by molar-refractivity contribution is -0.145. The van der Waals surface area contributed by atoms with Gasteiger partial charge in [-0.15, -0.1) is 0 Å². The van der Waals surface area contributed by atoms with Crippen LogP contribution in [0.25, 0.3) is 0 Å². The molecule has 0 spiro atoms. The van der Waals surface area contributed by atoms with Crippen LogP contribution in [0.15, 0.2) is 4.99 Å². The molecular weight excluding hydrogens is 278 g/mol. The number of ether oxygens (including phenoxy) is 2. The molecule has 0 unspecified atom stereocenters. The third kappa shape index (κ3) is 4.31. The first-order valence-corrected chi connectivity index (χ1v) is 6.49. The highest BCUT2D eigenvalue weighted by Crippen LogP contribution is 2.34. The fourth-order valence-corrected chi connectivity index (χ4v) is 2.50. The number of nitrogens with one attached hydrogen (secondary N) is 1. The van der Waals surface area contributed by atoms with Crippen molar-refractivity contribution in [2.75, 3.05) is 13.2 Å². The summed E-state index contributed by atoms with van der Waals surface area (Å²) in [5.41, 5.74) is -0.345. The summed E-state index contributed by atoms with van der Waals surface area (Å²) in [6.45, 7) is 0.917. The van der Waals surface area contributed by atoms with Gasteiger partial charge in [0.2, 0.25) is 0 Å². The maximum absolute atomic E-state index is 12.1. The number of amidine groups is 1. The molecule has 2 aliphatic rings. The molecule has 0 aromatic carbocycles. The molecule has 1 fully saturated rings. The Morgan fingerprint density at radius 3 is 3.11 bits per heavy atom. The van der Waals surface area contributed by atoms with Gasteiger partial charge in [0, 0.05) is 19.8 Å². The predicted octanol–water partition coefficient (Wildman–Crippen LogP) is 0.763. The van der Waals surface area contributed by atoms with Crippen molar-refractivity contribution in [2.24, 2.45) is 4.99 Å². The van der Waals surface area contributed by atoms with Crippen molar-refractivity contribution in [2.45, 2.75) is 30.9 Å². The average molecular weight is 290 g/mol. The molecule has 1 saturated heterocycles. The van der Waals surface area contributed by atoms with Gasteiger partial charge in [-0.2, -0.15) is 0 Å². The number of esters is 1. The topological polar surface area (TPSA) is 59.9 Å². The van der Waals surface area contributed by atoms with Crippen LogP contribution in [0.5, 0.6) is 0 Å². The van der Waals surface area contributed by atoms with Gasteiger partial charge in [0.25, 0.3) is 6.43 Å². The standard InChI is InChI=1S/C11H12F2N2O3S/c1-6(16)17-5-7-2-3-8-10(18-7)19-11(15-8)14-4-9(12)13/h7-10H,4-5H2,1H3,(H,14,15)/t7-,8-,10-/m1/s1. The van der Waals surface area contributed by atoms with E-state index in [9.17, 15) is 13.6 Å². The summed E-state index contributed by atoms with van der Waals surface area (Å²) < 4.78 is 34.5. The summed E-state index contributed by atoms with van der Waals surface area (Å²) in [6, 6.07) is -0.362. The third-order valence-corrected chi connectivity index (χ3v) is 3.35. The number of hydrogen-bond donors (Lipinski definition) is 1. The van der Waals surface area contributed by atoms with E-state index in [-0.39, 0.29) is 18.1 Å². The highest BCUT2D eigenvalue weighted by atomic mass is 32.2. The summed E-state index contributed by atoms with van der Waals surface area (Å²) in [5.74, 6) is -0.401. The first-order valence-electron chi connectivity index (χ1n) is 5.61. The fourth-order valence-electron chi connectivity index (χ4n) is 1.49. The first kappa shape index (κ1) is 14.5. The summed E-state index contributed by atoms with van der Waals surface area (Å²) >= 11 is 1.21. The number of carbonyl (C=O) groups is 1. The number of aliphatic imine (C=N–C) groups is 1. The lowest BCUT2D eigenvalue weighted by Gasteiger charge is -2.28. The van der Waals surface area contributed by atoms with E-state index < -0.39 is 25.0 Å². The number of nitrogens with zero attached hydrogens (tertiary/aromatic N) is 1. The van der Waals surface area contributed by atoms with Gasteiger partial charge in [-0.25, -0.2) is 8.78 Å². The Balaban J connectivity index is 1.77. The molecule has 5 nitrogen and oxygen atoms in total. The normalized spacial score (nSPS) is 29.9. The molecular formula is C11H12F2N2O3S. The van der Waals surface area contributed by atoms with Crippen molar-refractivity contribution < 1.29 is 23.0 Å². The minimum absolute atomic E-state index is 0.0614. The monoisotopic (exact) mass is 290 g/mol. The molecule has 3 atom stereocenters. The van der Waals surface area contributed by atoms with Crippen LogP contribution in [0, 0.1) is 12.8 Å². The molecule has 0 saturated carbocycles. The predicted molar refractivity (Wildman–Crippen MR) is 64.6 cm³/mol. The molecule has 19 heavy (non-hydrogen) atoms. The maximum Gasteiger partial charge on any atom is 0.302 e. The van der Waals surface area contributed by atoms with Gasteiger partial charge in [0.15, 0.2) is 5.17 Å². The van der Waals surface area contributed by atoms with E-state index in [1.807, 2.05) is 0 Å². The van der Waals surface area contributed by atoms with E-state index in [1.165, 1.54) is 18.7 Å². The summed E-state index contributed by atoms with van der Waals surface area (Å²) in [4.78, 5) is 14.8. The van der Waals surface area contributed by atoms with Crippen LogP contribution in [-0.2, 0) is 14.3 Å². The van der Waals surface area contributed by atoms with Crippen LogP contribution in [0.2, 0.25) is 0 Å². The van der Waals surface area contributed by atoms with E-state index in [1.54, 1.807) is 0 Å². The smallest absolute Gasteiger partial charge is 0.302 e. The van der Waals surface area contributed by atoms with Crippen molar-refractivity contribution in [3.8, 4) is 0 Å². The minimum Gasteiger partial charge on any atom is -0.463 e. The zero-order chi connectivity index (χ0) is 13.8. The van der Waals surface area contributed by atoms with Gasteiger partial charge in [-0.1, -0.05) is 11.8 Å². The second-order valence-corrected chi connectivity index (χ2v) is 4.94. The van der Waals surface area contributed by atoms with Gasteiger partial charge in [-0.3, -0.25) is 9.79 Å². The lowest BCUT2D eigenvalue weighted by Crippen LogP contribution is -2.37. The summed E-state index contributed by atoms with van der Waals surface area (Å²) in [7, 11) is 0. The van der Waals surface area contributed by atoms with Crippen molar-refractivity contribution in [1.29, 1.82) is 0 Å². The Morgan fingerprint density at radius 2 is 2.42 bits per heavy atom. The number of rotatable bonds is 4. The number of alkyl halides is 2. The van der Waals surface area contributed by atoms with E-state index in [2.05, 4.69) is 23.2 Å². The van der Waals surface area contributed by atoms with Crippen molar-refractivity contribution in [1.82, 2.24) is 5.32 Å². The fraction of sp³-hybridized carbons (Fsp3) is 0.636. The largest absolute Gasteiger partial charge is 0.463 e. The maximum atomic E-state index is 12.1. The first-order chi connectivity index (χ1) is 9.04. The van der Waals surface area contributed by atoms with E-state index >= 15 is 0 Å². The molecule has 0 amide bonds. The van der Waals surface area contributed by atoms with Crippen molar-refractivity contribution in [3.05, 3.63) is 12.8 Å². The Bertz CT molecular complexity index is 368. The minimum atomic E-state index is -2.44. The third-order valence-electron chi connectivity index (χ3n) is 2.28. The summed E-state index contributed by atoms with van der Waals surface area (Å²) in [5, 5.41) is 2.93. The Morgan fingerprint density at radius 1 is 1.63 bits per heavy atom. The van der Waals surface area contributed by atoms with Crippen LogP contribution >= 0.6 is 11.8 Å². The summed E-state index contributed by atoms with van der Waals surface area (Å²) in [6.07, 6.45) is 2.72. The van der Waals surface area contributed by atoms with Crippen LogP contribution in [0.3, 0.4) is 0 Å². The quantitative estimate of drug-likeness (QED) is 0.775. The van der Waals surface area contributed by atoms with Crippen molar-refractivity contribution >= 4 is 22.9 Å². The average Bonchev–Trinajstić information content (AvgIpc) is 2.75. The van der Waals surface area contributed by atoms with E-state index in [0.29, 0.717) is 5.17 Å². The van der Waals surface area contributed by atoms with Crippen LogP contribution in [0.1, 0.15) is 6.92 Å². The number of halogens is 2. The van der Waals surface area contributed by atoms with E-state index in [0.717, 1.165) is 0 Å². The van der Waals surface area contributed by atoms with Crippen LogP contribution < -0.4 is 5.32 Å². The van der Waals surface area contributed by atoms with Gasteiger partial charge in [0.05, 0.1) is 12.6 Å². The number of thioether (sulfide) groups is 1. The molecule has 2 aliphatic heterocycles. The molecule has 1 N–H and O–H groups in total. The highest BCUT2D eigenvalue weighted by Gasteiger charge is 2.38. The molecule has 4 radical (unpaired) electrons. The molecule has 104 valence electrons. The molecule has 0 aliphatic carbocycles. The van der Waals surface area contributed by atoms with Crippen LogP contribution in [-0.4, -0.2) is 48.3 Å². The Labute approximate surface area is 114 Å². The molecule has 0 aromatic heterocycles. The number of carbonyl (C=O) groups excluding carboxylic acids is 1. The number of fused-ring (bicyclic) bond motifs is 1. The second kappa shape index (κ2) is 6.51. The number of hydrogen-bond acceptors (Lipinski definition) is 6. The molecule has 8 heteroatoms. The zero-order valence-electron chi connectivity index (χ0n) is 10.1. The second-order valence-electron chi connectivity index (χ2n) is 3.85. The lowest BCUT2D eigenvalue weighted by atomic mass is 10.1. The molecule has 2 heterocycles. The Hall–Kier alpha value is -0.890. The zero-order valence-corrected chi connectivity index (χ0v) is 10.9.